The zero-order valence-corrected chi connectivity index (χ0v) is 21.0. The minimum absolute atomic E-state index is 0.498. The van der Waals surface area contributed by atoms with Gasteiger partial charge in [0.1, 0.15) is 0 Å². The van der Waals surface area contributed by atoms with E-state index in [0.717, 1.165) is 33.4 Å². The molecule has 0 saturated carbocycles. The van der Waals surface area contributed by atoms with E-state index in [4.69, 9.17) is 8.83 Å². The quantitative estimate of drug-likeness (QED) is 0.218. The summed E-state index contributed by atoms with van der Waals surface area (Å²) in [6.07, 6.45) is 4.12. The molecule has 184 valence electrons. The lowest BCUT2D eigenvalue weighted by Crippen LogP contribution is -1.80. The first-order chi connectivity index (χ1) is 18.6. The molecule has 6 rings (SSSR count). The molecule has 2 heterocycles. The van der Waals surface area contributed by atoms with Crippen LogP contribution in [0.3, 0.4) is 0 Å². The van der Waals surface area contributed by atoms with Gasteiger partial charge in [-0.05, 0) is 73.5 Å². The van der Waals surface area contributed by atoms with E-state index in [1.807, 2.05) is 111 Å². The van der Waals surface area contributed by atoms with Crippen LogP contribution in [-0.2, 0) is 0 Å². The summed E-state index contributed by atoms with van der Waals surface area (Å²) in [6, 6.07) is 32.1. The largest absolute Gasteiger partial charge is 0.416 e. The highest BCUT2D eigenvalue weighted by Crippen LogP contribution is 2.26. The van der Waals surface area contributed by atoms with Crippen molar-refractivity contribution in [3.8, 4) is 45.8 Å². The number of aryl methyl sites for hydroxylation is 2. The van der Waals surface area contributed by atoms with Gasteiger partial charge in [-0.1, -0.05) is 71.8 Å². The van der Waals surface area contributed by atoms with Crippen molar-refractivity contribution in [2.75, 3.05) is 0 Å². The molecule has 0 fully saturated rings. The Morgan fingerprint density at radius 1 is 0.395 bits per heavy atom. The molecule has 6 heteroatoms. The second-order valence-corrected chi connectivity index (χ2v) is 9.13. The van der Waals surface area contributed by atoms with Crippen molar-refractivity contribution in [1.82, 2.24) is 20.4 Å². The maximum atomic E-state index is 5.89. The molecule has 38 heavy (non-hydrogen) atoms. The summed E-state index contributed by atoms with van der Waals surface area (Å²) in [6.45, 7) is 4.10. The lowest BCUT2D eigenvalue weighted by molar-refractivity contribution is 0.584. The molecule has 4 aromatic carbocycles. The molecule has 0 N–H and O–H groups in total. The first-order valence-electron chi connectivity index (χ1n) is 12.3. The van der Waals surface area contributed by atoms with E-state index in [9.17, 15) is 0 Å². The van der Waals surface area contributed by atoms with Crippen molar-refractivity contribution in [2.45, 2.75) is 13.8 Å². The van der Waals surface area contributed by atoms with E-state index in [1.165, 1.54) is 11.1 Å². The zero-order chi connectivity index (χ0) is 25.9. The lowest BCUT2D eigenvalue weighted by atomic mass is 10.1. The summed E-state index contributed by atoms with van der Waals surface area (Å²) >= 11 is 0. The Morgan fingerprint density at radius 3 is 0.947 bits per heavy atom. The van der Waals surface area contributed by atoms with Gasteiger partial charge in [0.2, 0.25) is 23.6 Å². The number of nitrogens with zero attached hydrogens (tertiary/aromatic N) is 4. The minimum atomic E-state index is 0.498. The van der Waals surface area contributed by atoms with E-state index >= 15 is 0 Å². The second kappa shape index (κ2) is 10.1. The third-order valence-corrected chi connectivity index (χ3v) is 6.23. The first-order valence-corrected chi connectivity index (χ1v) is 12.3. The maximum absolute atomic E-state index is 5.89. The van der Waals surface area contributed by atoms with Crippen LogP contribution in [-0.4, -0.2) is 20.4 Å². The first kappa shape index (κ1) is 23.3. The molecule has 0 radical (unpaired) electrons. The lowest BCUT2D eigenvalue weighted by Gasteiger charge is -1.99. The van der Waals surface area contributed by atoms with Crippen LogP contribution in [0.4, 0.5) is 0 Å². The summed E-state index contributed by atoms with van der Waals surface area (Å²) in [4.78, 5) is 0. The molecule has 2 aromatic heterocycles. The smallest absolute Gasteiger partial charge is 0.248 e. The Bertz CT molecular complexity index is 1560. The van der Waals surface area contributed by atoms with Crippen LogP contribution < -0.4 is 0 Å². The molecule has 0 aliphatic carbocycles. The molecular weight excluding hydrogens is 472 g/mol. The Labute approximate surface area is 220 Å². The predicted molar refractivity (Wildman–Crippen MR) is 149 cm³/mol. The summed E-state index contributed by atoms with van der Waals surface area (Å²) in [5.41, 5.74) is 8.08. The average molecular weight is 497 g/mol. The third-order valence-electron chi connectivity index (χ3n) is 6.23. The normalized spacial score (nSPS) is 11.3. The molecular formula is C32H24N4O2. The Balaban J connectivity index is 1.12. The van der Waals surface area contributed by atoms with Gasteiger partial charge in [-0.2, -0.15) is 0 Å². The summed E-state index contributed by atoms with van der Waals surface area (Å²) < 4.78 is 11.8. The fraction of sp³-hybridized carbons (Fsp3) is 0.0625. The van der Waals surface area contributed by atoms with Gasteiger partial charge in [-0.15, -0.1) is 20.4 Å². The van der Waals surface area contributed by atoms with Gasteiger partial charge in [-0.25, -0.2) is 0 Å². The van der Waals surface area contributed by atoms with E-state index in [0.29, 0.717) is 23.6 Å². The van der Waals surface area contributed by atoms with Crippen LogP contribution in [0.15, 0.2) is 106 Å². The van der Waals surface area contributed by atoms with Crippen molar-refractivity contribution in [1.29, 1.82) is 0 Å². The standard InChI is InChI=1S/C32H24N4O2/c1-21-3-13-25(14-4-21)29-33-35-31(37-29)27-17-9-23(10-18-27)7-8-24-11-19-28(20-12-24)32-36-34-30(38-32)26-15-5-22(2)6-16-26/h3-20H,1-2H3. The second-order valence-electron chi connectivity index (χ2n) is 9.13. The van der Waals surface area contributed by atoms with Crippen molar-refractivity contribution >= 4 is 12.2 Å². The van der Waals surface area contributed by atoms with E-state index in [-0.39, 0.29) is 0 Å². The fourth-order valence-electron chi connectivity index (χ4n) is 3.97. The van der Waals surface area contributed by atoms with Crippen LogP contribution in [0.1, 0.15) is 22.3 Å². The van der Waals surface area contributed by atoms with Gasteiger partial charge in [0, 0.05) is 22.3 Å². The molecule has 0 bridgehead atoms. The van der Waals surface area contributed by atoms with Gasteiger partial charge >= 0.3 is 0 Å². The number of benzene rings is 4. The van der Waals surface area contributed by atoms with Crippen LogP contribution in [0, 0.1) is 13.8 Å². The Morgan fingerprint density at radius 2 is 0.658 bits per heavy atom. The molecule has 0 atom stereocenters. The highest BCUT2D eigenvalue weighted by molar-refractivity contribution is 5.72. The number of aromatic nitrogens is 4. The molecule has 0 amide bonds. The highest BCUT2D eigenvalue weighted by Gasteiger charge is 2.11. The molecule has 0 spiro atoms. The van der Waals surface area contributed by atoms with Crippen molar-refractivity contribution in [3.63, 3.8) is 0 Å². The predicted octanol–water partition coefficient (Wildman–Crippen LogP) is 7.91. The van der Waals surface area contributed by atoms with Crippen molar-refractivity contribution in [3.05, 3.63) is 119 Å². The number of rotatable bonds is 6. The summed E-state index contributed by atoms with van der Waals surface area (Å²) in [7, 11) is 0. The Kier molecular flexibility index (Phi) is 6.20. The average Bonchev–Trinajstić information content (AvgIpc) is 3.65. The van der Waals surface area contributed by atoms with Gasteiger partial charge < -0.3 is 8.83 Å². The molecule has 6 aromatic rings. The van der Waals surface area contributed by atoms with E-state index < -0.39 is 0 Å². The van der Waals surface area contributed by atoms with Gasteiger partial charge in [0.05, 0.1) is 0 Å². The van der Waals surface area contributed by atoms with Gasteiger partial charge in [0.25, 0.3) is 0 Å². The SMILES string of the molecule is Cc1ccc(-c2nnc(-c3ccc(C=Cc4ccc(-c5nnc(-c6ccc(C)cc6)o5)cc4)cc3)o2)cc1. The van der Waals surface area contributed by atoms with Gasteiger partial charge in [0.15, 0.2) is 0 Å². The summed E-state index contributed by atoms with van der Waals surface area (Å²) in [5.74, 6) is 2.02. The van der Waals surface area contributed by atoms with E-state index in [2.05, 4.69) is 32.5 Å². The molecule has 0 unspecified atom stereocenters. The third kappa shape index (κ3) is 5.06. The van der Waals surface area contributed by atoms with Crippen LogP contribution >= 0.6 is 0 Å². The fourth-order valence-corrected chi connectivity index (χ4v) is 3.97. The Hall–Kier alpha value is -5.10. The topological polar surface area (TPSA) is 77.8 Å². The molecule has 0 aliphatic rings. The van der Waals surface area contributed by atoms with Gasteiger partial charge in [-0.3, -0.25) is 0 Å². The maximum Gasteiger partial charge on any atom is 0.248 e. The van der Waals surface area contributed by atoms with Crippen LogP contribution in [0.5, 0.6) is 0 Å². The summed E-state index contributed by atoms with van der Waals surface area (Å²) in [5, 5.41) is 16.8. The minimum Gasteiger partial charge on any atom is -0.416 e. The van der Waals surface area contributed by atoms with Crippen molar-refractivity contribution in [2.24, 2.45) is 0 Å². The van der Waals surface area contributed by atoms with E-state index in [1.54, 1.807) is 0 Å². The zero-order valence-electron chi connectivity index (χ0n) is 21.0. The number of hydrogen-bond acceptors (Lipinski definition) is 6. The monoisotopic (exact) mass is 496 g/mol. The molecule has 6 nitrogen and oxygen atoms in total. The highest BCUT2D eigenvalue weighted by atomic mass is 16.4. The van der Waals surface area contributed by atoms with Crippen LogP contribution in [0.25, 0.3) is 58.0 Å². The number of hydrogen-bond donors (Lipinski definition) is 0. The molecule has 0 aliphatic heterocycles. The van der Waals surface area contributed by atoms with Crippen LogP contribution in [0.2, 0.25) is 0 Å². The van der Waals surface area contributed by atoms with Crippen molar-refractivity contribution < 1.29 is 8.83 Å². The molecule has 0 saturated heterocycles.